The van der Waals surface area contributed by atoms with E-state index < -0.39 is 0 Å². The maximum Gasteiger partial charge on any atom is 0.222 e. The molecular formula is C20H25IN4O. The minimum atomic E-state index is 0. The Kier molecular flexibility index (Phi) is 7.44. The van der Waals surface area contributed by atoms with Gasteiger partial charge in [0.1, 0.15) is 0 Å². The van der Waals surface area contributed by atoms with Gasteiger partial charge in [0, 0.05) is 25.2 Å². The van der Waals surface area contributed by atoms with Gasteiger partial charge in [-0.2, -0.15) is 0 Å². The van der Waals surface area contributed by atoms with Crippen LogP contribution < -0.4 is 11.1 Å². The molecule has 2 aromatic rings. The number of hydrogen-bond donors (Lipinski definition) is 2. The van der Waals surface area contributed by atoms with Gasteiger partial charge in [-0.15, -0.1) is 24.0 Å². The second-order valence-electron chi connectivity index (χ2n) is 6.43. The summed E-state index contributed by atoms with van der Waals surface area (Å²) in [4.78, 5) is 18.0. The van der Waals surface area contributed by atoms with Crippen LogP contribution in [0.2, 0.25) is 0 Å². The lowest BCUT2D eigenvalue weighted by Gasteiger charge is -2.15. The summed E-state index contributed by atoms with van der Waals surface area (Å²) in [6.45, 7) is 4.13. The molecule has 1 aliphatic heterocycles. The second kappa shape index (κ2) is 9.56. The van der Waals surface area contributed by atoms with Crippen molar-refractivity contribution in [2.45, 2.75) is 32.9 Å². The number of carbonyl (C=O) groups is 1. The van der Waals surface area contributed by atoms with Crippen LogP contribution in [0.15, 0.2) is 53.5 Å². The zero-order chi connectivity index (χ0) is 17.6. The molecule has 1 aliphatic rings. The molecule has 1 fully saturated rings. The molecule has 0 radical (unpaired) electrons. The van der Waals surface area contributed by atoms with Crippen molar-refractivity contribution in [3.05, 3.63) is 65.2 Å². The molecule has 3 N–H and O–H groups in total. The number of carbonyl (C=O) groups excluding carboxylic acids is 1. The fraction of sp³-hybridized carbons (Fsp3) is 0.300. The predicted molar refractivity (Wildman–Crippen MR) is 117 cm³/mol. The number of nitrogens with zero attached hydrogens (tertiary/aromatic N) is 2. The molecular weight excluding hydrogens is 439 g/mol. The first kappa shape index (κ1) is 20.2. The Labute approximate surface area is 171 Å². The summed E-state index contributed by atoms with van der Waals surface area (Å²) >= 11 is 0. The van der Waals surface area contributed by atoms with Crippen molar-refractivity contribution in [2.24, 2.45) is 10.7 Å². The third-order valence-electron chi connectivity index (χ3n) is 4.32. The number of aliphatic imine (C=N–C) groups is 1. The van der Waals surface area contributed by atoms with E-state index in [1.165, 1.54) is 5.56 Å². The van der Waals surface area contributed by atoms with Gasteiger partial charge in [-0.1, -0.05) is 42.0 Å². The van der Waals surface area contributed by atoms with Gasteiger partial charge in [-0.3, -0.25) is 4.79 Å². The van der Waals surface area contributed by atoms with Crippen LogP contribution in [0.5, 0.6) is 0 Å². The monoisotopic (exact) mass is 464 g/mol. The minimum absolute atomic E-state index is 0. The third-order valence-corrected chi connectivity index (χ3v) is 4.32. The van der Waals surface area contributed by atoms with E-state index in [0.29, 0.717) is 25.5 Å². The third kappa shape index (κ3) is 5.72. The molecule has 0 atom stereocenters. The molecule has 1 amide bonds. The summed E-state index contributed by atoms with van der Waals surface area (Å²) in [5, 5.41) is 3.09. The van der Waals surface area contributed by atoms with E-state index in [4.69, 9.17) is 5.73 Å². The van der Waals surface area contributed by atoms with E-state index in [9.17, 15) is 4.79 Å². The normalized spacial score (nSPS) is 14.3. The lowest BCUT2D eigenvalue weighted by molar-refractivity contribution is -0.128. The molecule has 2 aromatic carbocycles. The molecule has 0 unspecified atom stereocenters. The number of aryl methyl sites for hydroxylation is 1. The van der Waals surface area contributed by atoms with Gasteiger partial charge in [-0.05, 0) is 36.6 Å². The summed E-state index contributed by atoms with van der Waals surface area (Å²) in [5.74, 6) is 0.652. The molecule has 0 spiro atoms. The van der Waals surface area contributed by atoms with Gasteiger partial charge >= 0.3 is 0 Å². The summed E-state index contributed by atoms with van der Waals surface area (Å²) in [7, 11) is 0. The number of likely N-dealkylation sites (tertiary alicyclic amines) is 1. The highest BCUT2D eigenvalue weighted by Gasteiger charge is 2.19. The largest absolute Gasteiger partial charge is 0.370 e. The van der Waals surface area contributed by atoms with Gasteiger partial charge in [0.15, 0.2) is 5.96 Å². The topological polar surface area (TPSA) is 70.7 Å². The Hall–Kier alpha value is -2.09. The van der Waals surface area contributed by atoms with Crippen LogP contribution in [0.25, 0.3) is 0 Å². The number of amides is 1. The molecule has 0 bridgehead atoms. The van der Waals surface area contributed by atoms with Crippen molar-refractivity contribution >= 4 is 41.5 Å². The Bertz CT molecular complexity index is 756. The summed E-state index contributed by atoms with van der Waals surface area (Å²) in [6.07, 6.45) is 1.65. The zero-order valence-corrected chi connectivity index (χ0v) is 17.3. The van der Waals surface area contributed by atoms with Gasteiger partial charge in [0.05, 0.1) is 6.54 Å². The number of nitrogens with one attached hydrogen (secondary N) is 1. The molecule has 26 heavy (non-hydrogen) atoms. The van der Waals surface area contributed by atoms with Crippen molar-refractivity contribution < 1.29 is 4.79 Å². The van der Waals surface area contributed by atoms with Crippen LogP contribution in [0.1, 0.15) is 29.5 Å². The fourth-order valence-corrected chi connectivity index (χ4v) is 2.84. The van der Waals surface area contributed by atoms with Gasteiger partial charge in [0.2, 0.25) is 5.91 Å². The Morgan fingerprint density at radius 2 is 1.77 bits per heavy atom. The summed E-state index contributed by atoms with van der Waals surface area (Å²) < 4.78 is 0. The molecule has 6 heteroatoms. The van der Waals surface area contributed by atoms with Crippen molar-refractivity contribution in [3.63, 3.8) is 0 Å². The first-order chi connectivity index (χ1) is 12.1. The van der Waals surface area contributed by atoms with Crippen LogP contribution in [-0.4, -0.2) is 23.3 Å². The Morgan fingerprint density at radius 3 is 2.38 bits per heavy atom. The van der Waals surface area contributed by atoms with Crippen LogP contribution in [-0.2, 0) is 17.9 Å². The van der Waals surface area contributed by atoms with Crippen molar-refractivity contribution in [1.82, 2.24) is 4.90 Å². The van der Waals surface area contributed by atoms with Crippen LogP contribution in [0, 0.1) is 6.92 Å². The molecule has 1 heterocycles. The Morgan fingerprint density at radius 1 is 1.12 bits per heavy atom. The fourth-order valence-electron chi connectivity index (χ4n) is 2.84. The van der Waals surface area contributed by atoms with E-state index >= 15 is 0 Å². The molecule has 0 saturated carbocycles. The number of anilines is 1. The number of halogens is 1. The standard InChI is InChI=1S/C20H24N4O.HI/c1-15-4-10-18(11-5-15)23-20(21)22-13-16-6-8-17(9-7-16)14-24-12-2-3-19(24)25;/h4-11H,2-3,12-14H2,1H3,(H3,21,22,23);1H. The van der Waals surface area contributed by atoms with E-state index in [1.807, 2.05) is 48.2 Å². The first-order valence-electron chi connectivity index (χ1n) is 8.59. The molecule has 0 aliphatic carbocycles. The molecule has 1 saturated heterocycles. The smallest absolute Gasteiger partial charge is 0.222 e. The van der Waals surface area contributed by atoms with Crippen LogP contribution in [0.4, 0.5) is 5.69 Å². The highest BCUT2D eigenvalue weighted by molar-refractivity contribution is 14.0. The number of benzene rings is 2. The Balaban J connectivity index is 0.00000243. The van der Waals surface area contributed by atoms with E-state index in [1.54, 1.807) is 0 Å². The van der Waals surface area contributed by atoms with Gasteiger partial charge in [0.25, 0.3) is 0 Å². The van der Waals surface area contributed by atoms with E-state index in [-0.39, 0.29) is 29.9 Å². The highest BCUT2D eigenvalue weighted by atomic mass is 127. The average molecular weight is 464 g/mol. The van der Waals surface area contributed by atoms with Crippen molar-refractivity contribution in [1.29, 1.82) is 0 Å². The summed E-state index contributed by atoms with van der Waals surface area (Å²) in [5.41, 5.74) is 10.3. The maximum absolute atomic E-state index is 11.7. The number of rotatable bonds is 5. The van der Waals surface area contributed by atoms with E-state index in [0.717, 1.165) is 29.8 Å². The summed E-state index contributed by atoms with van der Waals surface area (Å²) in [6, 6.07) is 16.2. The van der Waals surface area contributed by atoms with Gasteiger partial charge < -0.3 is 16.0 Å². The second-order valence-corrected chi connectivity index (χ2v) is 6.43. The molecule has 0 aromatic heterocycles. The first-order valence-corrected chi connectivity index (χ1v) is 8.59. The van der Waals surface area contributed by atoms with Crippen LogP contribution in [0.3, 0.4) is 0 Å². The van der Waals surface area contributed by atoms with Crippen LogP contribution >= 0.6 is 24.0 Å². The van der Waals surface area contributed by atoms with E-state index in [2.05, 4.69) is 22.4 Å². The molecule has 138 valence electrons. The molecule has 5 nitrogen and oxygen atoms in total. The average Bonchev–Trinajstić information content (AvgIpc) is 3.01. The maximum atomic E-state index is 11.7. The highest BCUT2D eigenvalue weighted by Crippen LogP contribution is 2.15. The quantitative estimate of drug-likeness (QED) is 0.403. The van der Waals surface area contributed by atoms with Gasteiger partial charge in [-0.25, -0.2) is 4.99 Å². The van der Waals surface area contributed by atoms with Crippen molar-refractivity contribution in [3.8, 4) is 0 Å². The minimum Gasteiger partial charge on any atom is -0.370 e. The molecule has 3 rings (SSSR count). The zero-order valence-electron chi connectivity index (χ0n) is 14.9. The lowest BCUT2D eigenvalue weighted by atomic mass is 10.1. The van der Waals surface area contributed by atoms with Crippen molar-refractivity contribution in [2.75, 3.05) is 11.9 Å². The lowest BCUT2D eigenvalue weighted by Crippen LogP contribution is -2.23. The number of guanidine groups is 1. The number of hydrogen-bond acceptors (Lipinski definition) is 2. The predicted octanol–water partition coefficient (Wildman–Crippen LogP) is 3.66. The SMILES string of the molecule is Cc1ccc(NC(N)=NCc2ccc(CN3CCCC3=O)cc2)cc1.I. The number of nitrogens with two attached hydrogens (primary N) is 1.